The van der Waals surface area contributed by atoms with Crippen LogP contribution in [-0.2, 0) is 13.0 Å². The third-order valence-corrected chi connectivity index (χ3v) is 4.58. The van der Waals surface area contributed by atoms with Gasteiger partial charge in [-0.15, -0.1) is 11.3 Å². The summed E-state index contributed by atoms with van der Waals surface area (Å²) < 4.78 is 0. The molecule has 0 fully saturated rings. The first kappa shape index (κ1) is 16.0. The lowest BCUT2D eigenvalue weighted by molar-refractivity contribution is 0.660. The molecule has 1 unspecified atom stereocenters. The lowest BCUT2D eigenvalue weighted by Crippen LogP contribution is -2.30. The van der Waals surface area contributed by atoms with Gasteiger partial charge in [-0.25, -0.2) is 0 Å². The van der Waals surface area contributed by atoms with Crippen LogP contribution in [-0.4, -0.2) is 24.6 Å². The van der Waals surface area contributed by atoms with E-state index in [2.05, 4.69) is 65.7 Å². The lowest BCUT2D eigenvalue weighted by atomic mass is 10.1. The molecule has 2 aromatic rings. The lowest BCUT2D eigenvalue weighted by Gasteiger charge is -2.27. The van der Waals surface area contributed by atoms with Gasteiger partial charge in [-0.05, 0) is 43.5 Å². The van der Waals surface area contributed by atoms with Gasteiger partial charge >= 0.3 is 0 Å². The van der Waals surface area contributed by atoms with Crippen LogP contribution in [0.5, 0.6) is 0 Å². The number of pyridine rings is 1. The van der Waals surface area contributed by atoms with E-state index >= 15 is 0 Å². The zero-order valence-electron chi connectivity index (χ0n) is 13.2. The molecule has 2 heterocycles. The maximum atomic E-state index is 4.44. The topological polar surface area (TPSA) is 28.2 Å². The fourth-order valence-electron chi connectivity index (χ4n) is 2.29. The predicted octanol–water partition coefficient (Wildman–Crippen LogP) is 3.71. The van der Waals surface area contributed by atoms with E-state index in [0.29, 0.717) is 6.04 Å². The molecule has 0 aliphatic rings. The van der Waals surface area contributed by atoms with Crippen LogP contribution in [0.2, 0.25) is 0 Å². The molecule has 0 spiro atoms. The summed E-state index contributed by atoms with van der Waals surface area (Å²) in [7, 11) is 2.16. The molecular formula is C17H25N3S. The summed E-state index contributed by atoms with van der Waals surface area (Å²) >= 11 is 1.83. The Hall–Kier alpha value is -1.39. The van der Waals surface area contributed by atoms with E-state index in [-0.39, 0.29) is 0 Å². The first-order valence-electron chi connectivity index (χ1n) is 7.61. The Morgan fingerprint density at radius 1 is 1.38 bits per heavy atom. The van der Waals surface area contributed by atoms with Crippen molar-refractivity contribution in [3.8, 4) is 0 Å². The zero-order chi connectivity index (χ0) is 15.1. The Bertz CT molecular complexity index is 525. The number of rotatable bonds is 8. The van der Waals surface area contributed by atoms with Crippen molar-refractivity contribution < 1.29 is 0 Å². The molecule has 0 radical (unpaired) electrons. The second-order valence-corrected chi connectivity index (χ2v) is 6.46. The zero-order valence-corrected chi connectivity index (χ0v) is 14.0. The molecular weight excluding hydrogens is 278 g/mol. The van der Waals surface area contributed by atoms with Crippen molar-refractivity contribution in [3.63, 3.8) is 0 Å². The third kappa shape index (κ3) is 4.83. The fourth-order valence-corrected chi connectivity index (χ4v) is 3.11. The minimum atomic E-state index is 0.475. The molecule has 0 aliphatic carbocycles. The number of hydrogen-bond donors (Lipinski definition) is 1. The largest absolute Gasteiger partial charge is 0.371 e. The van der Waals surface area contributed by atoms with Crippen molar-refractivity contribution in [2.75, 3.05) is 18.5 Å². The number of nitrogens with zero attached hydrogens (tertiary/aromatic N) is 2. The summed E-state index contributed by atoms with van der Waals surface area (Å²) in [6.45, 7) is 6.33. The molecule has 2 rings (SSSR count). The van der Waals surface area contributed by atoms with Gasteiger partial charge in [0.25, 0.3) is 0 Å². The highest BCUT2D eigenvalue weighted by Gasteiger charge is 2.12. The summed E-state index contributed by atoms with van der Waals surface area (Å²) in [6.07, 6.45) is 4.14. The van der Waals surface area contributed by atoms with Crippen LogP contribution >= 0.6 is 11.3 Å². The molecule has 1 atom stereocenters. The summed E-state index contributed by atoms with van der Waals surface area (Å²) in [4.78, 5) is 8.22. The van der Waals surface area contributed by atoms with Crippen molar-refractivity contribution in [3.05, 3.63) is 46.4 Å². The van der Waals surface area contributed by atoms with Crippen LogP contribution < -0.4 is 10.2 Å². The monoisotopic (exact) mass is 303 g/mol. The molecule has 0 aromatic carbocycles. The SMILES string of the molecule is CCCNCc1cc(N(C)C(C)Cc2cccs2)ccn1. The summed E-state index contributed by atoms with van der Waals surface area (Å²) in [5.74, 6) is 0. The number of nitrogens with one attached hydrogen (secondary N) is 1. The van der Waals surface area contributed by atoms with Gasteiger partial charge in [0, 0.05) is 42.8 Å². The molecule has 21 heavy (non-hydrogen) atoms. The van der Waals surface area contributed by atoms with Gasteiger partial charge in [-0.2, -0.15) is 0 Å². The van der Waals surface area contributed by atoms with E-state index in [4.69, 9.17) is 0 Å². The Morgan fingerprint density at radius 3 is 2.95 bits per heavy atom. The van der Waals surface area contributed by atoms with Crippen LogP contribution in [0.4, 0.5) is 5.69 Å². The van der Waals surface area contributed by atoms with Gasteiger partial charge in [0.2, 0.25) is 0 Å². The highest BCUT2D eigenvalue weighted by molar-refractivity contribution is 7.09. The number of likely N-dealkylation sites (N-methyl/N-ethyl adjacent to an activating group) is 1. The quantitative estimate of drug-likeness (QED) is 0.754. The highest BCUT2D eigenvalue weighted by atomic mass is 32.1. The maximum absolute atomic E-state index is 4.44. The molecule has 0 saturated heterocycles. The van der Waals surface area contributed by atoms with Gasteiger partial charge in [0.15, 0.2) is 0 Å². The maximum Gasteiger partial charge on any atom is 0.0562 e. The van der Waals surface area contributed by atoms with E-state index < -0.39 is 0 Å². The van der Waals surface area contributed by atoms with Gasteiger partial charge in [0.1, 0.15) is 0 Å². The van der Waals surface area contributed by atoms with E-state index in [0.717, 1.165) is 31.6 Å². The van der Waals surface area contributed by atoms with Crippen LogP contribution in [0, 0.1) is 0 Å². The second kappa shape index (κ2) is 8.15. The fraction of sp³-hybridized carbons (Fsp3) is 0.471. The van der Waals surface area contributed by atoms with Crippen molar-refractivity contribution in [1.29, 1.82) is 0 Å². The summed E-state index contributed by atoms with van der Waals surface area (Å²) in [5, 5.41) is 5.55. The first-order chi connectivity index (χ1) is 10.2. The minimum absolute atomic E-state index is 0.475. The second-order valence-electron chi connectivity index (χ2n) is 5.43. The summed E-state index contributed by atoms with van der Waals surface area (Å²) in [5.41, 5.74) is 2.35. The van der Waals surface area contributed by atoms with E-state index in [9.17, 15) is 0 Å². The van der Waals surface area contributed by atoms with Crippen LogP contribution in [0.25, 0.3) is 0 Å². The van der Waals surface area contributed by atoms with Crippen molar-refractivity contribution in [2.45, 2.75) is 39.3 Å². The van der Waals surface area contributed by atoms with Gasteiger partial charge < -0.3 is 10.2 Å². The Morgan fingerprint density at radius 2 is 2.24 bits per heavy atom. The molecule has 0 bridgehead atoms. The molecule has 0 amide bonds. The normalized spacial score (nSPS) is 12.3. The average molecular weight is 303 g/mol. The van der Waals surface area contributed by atoms with Crippen LogP contribution in [0.1, 0.15) is 30.8 Å². The Labute approximate surface area is 132 Å². The third-order valence-electron chi connectivity index (χ3n) is 3.68. The molecule has 1 N–H and O–H groups in total. The Balaban J connectivity index is 1.97. The molecule has 3 nitrogen and oxygen atoms in total. The molecule has 0 saturated carbocycles. The van der Waals surface area contributed by atoms with Gasteiger partial charge in [-0.3, -0.25) is 4.98 Å². The van der Waals surface area contributed by atoms with E-state index in [1.807, 2.05) is 17.5 Å². The van der Waals surface area contributed by atoms with Crippen molar-refractivity contribution in [2.24, 2.45) is 0 Å². The van der Waals surface area contributed by atoms with Gasteiger partial charge in [-0.1, -0.05) is 13.0 Å². The molecule has 2 aromatic heterocycles. The number of anilines is 1. The smallest absolute Gasteiger partial charge is 0.0562 e. The van der Waals surface area contributed by atoms with E-state index in [1.165, 1.54) is 10.6 Å². The standard InChI is InChI=1S/C17H25N3S/c1-4-8-18-13-15-12-16(7-9-19-15)20(3)14(2)11-17-6-5-10-21-17/h5-7,9-10,12,14,18H,4,8,11,13H2,1-3H3. The van der Waals surface area contributed by atoms with Crippen molar-refractivity contribution >= 4 is 17.0 Å². The van der Waals surface area contributed by atoms with Gasteiger partial charge in [0.05, 0.1) is 5.69 Å². The van der Waals surface area contributed by atoms with Crippen LogP contribution in [0.3, 0.4) is 0 Å². The number of aromatic nitrogens is 1. The van der Waals surface area contributed by atoms with E-state index in [1.54, 1.807) is 0 Å². The minimum Gasteiger partial charge on any atom is -0.371 e. The first-order valence-corrected chi connectivity index (χ1v) is 8.49. The van der Waals surface area contributed by atoms with Crippen molar-refractivity contribution in [1.82, 2.24) is 10.3 Å². The molecule has 114 valence electrons. The number of thiophene rings is 1. The summed E-state index contributed by atoms with van der Waals surface area (Å²) in [6, 6.07) is 9.09. The molecule has 0 aliphatic heterocycles. The predicted molar refractivity (Wildman–Crippen MR) is 92.1 cm³/mol. The Kier molecular flexibility index (Phi) is 6.21. The highest BCUT2D eigenvalue weighted by Crippen LogP contribution is 2.19. The average Bonchev–Trinajstić information content (AvgIpc) is 3.00. The van der Waals surface area contributed by atoms with Crippen LogP contribution in [0.15, 0.2) is 35.8 Å². The number of hydrogen-bond acceptors (Lipinski definition) is 4. The molecule has 4 heteroatoms.